The Balaban J connectivity index is 2.98. The summed E-state index contributed by atoms with van der Waals surface area (Å²) in [6.45, 7) is 6.59. The van der Waals surface area contributed by atoms with Crippen LogP contribution in [0.4, 0.5) is 0 Å². The van der Waals surface area contributed by atoms with Gasteiger partial charge in [-0.3, -0.25) is 4.79 Å². The highest BCUT2D eigenvalue weighted by Gasteiger charge is 2.24. The molecular formula is C12H14O2. The summed E-state index contributed by atoms with van der Waals surface area (Å²) in [5.74, 6) is -0.270. The molecule has 0 heterocycles. The van der Waals surface area contributed by atoms with E-state index in [9.17, 15) is 9.90 Å². The van der Waals surface area contributed by atoms with Crippen LogP contribution in [0, 0.1) is 0 Å². The van der Waals surface area contributed by atoms with Crippen LogP contribution in [0.3, 0.4) is 0 Å². The van der Waals surface area contributed by atoms with Gasteiger partial charge in [-0.15, -0.1) is 0 Å². The maximum absolute atomic E-state index is 11.6. The molecule has 0 bridgehead atoms. The van der Waals surface area contributed by atoms with Gasteiger partial charge in [-0.25, -0.2) is 0 Å². The van der Waals surface area contributed by atoms with Crippen LogP contribution >= 0.6 is 0 Å². The minimum absolute atomic E-state index is 0.270. The predicted molar refractivity (Wildman–Crippen MR) is 57.2 cm³/mol. The van der Waals surface area contributed by atoms with Gasteiger partial charge in [0, 0.05) is 5.56 Å². The lowest BCUT2D eigenvalue weighted by atomic mass is 9.96. The first-order valence-electron chi connectivity index (χ1n) is 4.45. The lowest BCUT2D eigenvalue weighted by Crippen LogP contribution is -2.30. The molecule has 0 amide bonds. The van der Waals surface area contributed by atoms with E-state index >= 15 is 0 Å². The van der Waals surface area contributed by atoms with Gasteiger partial charge in [0.25, 0.3) is 0 Å². The summed E-state index contributed by atoms with van der Waals surface area (Å²) in [4.78, 5) is 11.6. The summed E-state index contributed by atoms with van der Waals surface area (Å²) in [5, 5.41) is 9.50. The molecule has 1 rings (SSSR count). The van der Waals surface area contributed by atoms with Crippen molar-refractivity contribution in [2.45, 2.75) is 19.4 Å². The van der Waals surface area contributed by atoms with Gasteiger partial charge in [-0.2, -0.15) is 0 Å². The van der Waals surface area contributed by atoms with Gasteiger partial charge in [-0.05, 0) is 19.4 Å². The molecule has 0 aliphatic carbocycles. The monoisotopic (exact) mass is 190 g/mol. The standard InChI is InChI=1S/C12H14O2/c1-4-9-5-7-10(8-6-9)11(13)12(2,3)14/h4-8,14H,1H2,2-3H3. The largest absolute Gasteiger partial charge is 0.382 e. The van der Waals surface area contributed by atoms with E-state index in [1.807, 2.05) is 0 Å². The third-order valence-electron chi connectivity index (χ3n) is 1.96. The highest BCUT2D eigenvalue weighted by Crippen LogP contribution is 2.13. The molecule has 0 unspecified atom stereocenters. The fraction of sp³-hybridized carbons (Fsp3) is 0.250. The van der Waals surface area contributed by atoms with Crippen LogP contribution in [0.1, 0.15) is 29.8 Å². The number of rotatable bonds is 3. The van der Waals surface area contributed by atoms with Gasteiger partial charge >= 0.3 is 0 Å². The Morgan fingerprint density at radius 2 is 1.86 bits per heavy atom. The van der Waals surface area contributed by atoms with E-state index in [4.69, 9.17) is 0 Å². The van der Waals surface area contributed by atoms with Crippen molar-refractivity contribution >= 4 is 11.9 Å². The van der Waals surface area contributed by atoms with Crippen LogP contribution in [-0.2, 0) is 0 Å². The Bertz CT molecular complexity index is 342. The third kappa shape index (κ3) is 2.30. The molecule has 1 aromatic rings. The molecule has 0 atom stereocenters. The van der Waals surface area contributed by atoms with Crippen LogP contribution < -0.4 is 0 Å². The molecule has 2 heteroatoms. The predicted octanol–water partition coefficient (Wildman–Crippen LogP) is 2.28. The normalized spacial score (nSPS) is 11.1. The van der Waals surface area contributed by atoms with Crippen molar-refractivity contribution in [1.82, 2.24) is 0 Å². The summed E-state index contributed by atoms with van der Waals surface area (Å²) in [7, 11) is 0. The molecule has 1 aromatic carbocycles. The second-order valence-electron chi connectivity index (χ2n) is 3.71. The zero-order valence-electron chi connectivity index (χ0n) is 8.45. The van der Waals surface area contributed by atoms with Crippen molar-refractivity contribution < 1.29 is 9.90 Å². The van der Waals surface area contributed by atoms with E-state index in [1.54, 1.807) is 30.3 Å². The van der Waals surface area contributed by atoms with Gasteiger partial charge in [0.1, 0.15) is 5.60 Å². The molecule has 0 spiro atoms. The van der Waals surface area contributed by atoms with Gasteiger partial charge in [0.05, 0.1) is 0 Å². The first-order chi connectivity index (χ1) is 6.45. The van der Waals surface area contributed by atoms with Crippen molar-refractivity contribution in [1.29, 1.82) is 0 Å². The number of hydrogen-bond donors (Lipinski definition) is 1. The molecule has 0 fully saturated rings. The molecule has 0 aliphatic rings. The summed E-state index contributed by atoms with van der Waals surface area (Å²) >= 11 is 0. The average molecular weight is 190 g/mol. The van der Waals surface area contributed by atoms with E-state index in [-0.39, 0.29) is 5.78 Å². The lowest BCUT2D eigenvalue weighted by molar-refractivity contribution is 0.0488. The Hall–Kier alpha value is -1.41. The molecular weight excluding hydrogens is 176 g/mol. The zero-order chi connectivity index (χ0) is 10.8. The maximum atomic E-state index is 11.6. The lowest BCUT2D eigenvalue weighted by Gasteiger charge is -2.15. The Kier molecular flexibility index (Phi) is 2.87. The fourth-order valence-corrected chi connectivity index (χ4v) is 1.12. The Morgan fingerprint density at radius 3 is 2.21 bits per heavy atom. The topological polar surface area (TPSA) is 37.3 Å². The van der Waals surface area contributed by atoms with E-state index in [2.05, 4.69) is 6.58 Å². The van der Waals surface area contributed by atoms with E-state index < -0.39 is 5.60 Å². The van der Waals surface area contributed by atoms with Crippen molar-refractivity contribution in [2.75, 3.05) is 0 Å². The molecule has 0 radical (unpaired) electrons. The number of ketones is 1. The number of carbonyl (C=O) groups is 1. The molecule has 0 saturated heterocycles. The van der Waals surface area contributed by atoms with Gasteiger partial charge in [0.15, 0.2) is 5.78 Å². The number of hydrogen-bond acceptors (Lipinski definition) is 2. The Morgan fingerprint density at radius 1 is 1.36 bits per heavy atom. The van der Waals surface area contributed by atoms with Crippen molar-refractivity contribution in [3.63, 3.8) is 0 Å². The van der Waals surface area contributed by atoms with E-state index in [1.165, 1.54) is 13.8 Å². The maximum Gasteiger partial charge on any atom is 0.193 e. The molecule has 14 heavy (non-hydrogen) atoms. The minimum atomic E-state index is -1.31. The summed E-state index contributed by atoms with van der Waals surface area (Å²) < 4.78 is 0. The second kappa shape index (κ2) is 3.76. The third-order valence-corrected chi connectivity index (χ3v) is 1.96. The van der Waals surface area contributed by atoms with Gasteiger partial charge in [0.2, 0.25) is 0 Å². The van der Waals surface area contributed by atoms with Crippen molar-refractivity contribution in [3.05, 3.63) is 42.0 Å². The first kappa shape index (κ1) is 10.7. The number of Topliss-reactive ketones (excluding diaryl/α,β-unsaturated/α-hetero) is 1. The van der Waals surface area contributed by atoms with Crippen LogP contribution in [-0.4, -0.2) is 16.5 Å². The van der Waals surface area contributed by atoms with Gasteiger partial charge in [-0.1, -0.05) is 36.9 Å². The van der Waals surface area contributed by atoms with Crippen LogP contribution in [0.5, 0.6) is 0 Å². The molecule has 0 aromatic heterocycles. The Labute approximate surface area is 83.9 Å². The molecule has 1 N–H and O–H groups in total. The summed E-state index contributed by atoms with van der Waals surface area (Å²) in [5.41, 5.74) is 0.163. The number of carbonyl (C=O) groups excluding carboxylic acids is 1. The number of aliphatic hydroxyl groups is 1. The minimum Gasteiger partial charge on any atom is -0.382 e. The first-order valence-corrected chi connectivity index (χ1v) is 4.45. The van der Waals surface area contributed by atoms with E-state index in [0.29, 0.717) is 5.56 Å². The van der Waals surface area contributed by atoms with Crippen LogP contribution in [0.25, 0.3) is 6.08 Å². The molecule has 0 aliphatic heterocycles. The zero-order valence-corrected chi connectivity index (χ0v) is 8.45. The number of benzene rings is 1. The molecule has 74 valence electrons. The highest BCUT2D eigenvalue weighted by atomic mass is 16.3. The second-order valence-corrected chi connectivity index (χ2v) is 3.71. The van der Waals surface area contributed by atoms with Gasteiger partial charge < -0.3 is 5.11 Å². The molecule has 0 saturated carbocycles. The highest BCUT2D eigenvalue weighted by molar-refractivity contribution is 6.01. The quantitative estimate of drug-likeness (QED) is 0.742. The van der Waals surface area contributed by atoms with Crippen molar-refractivity contribution in [3.8, 4) is 0 Å². The summed E-state index contributed by atoms with van der Waals surface area (Å²) in [6, 6.07) is 6.98. The molecule has 2 nitrogen and oxygen atoms in total. The average Bonchev–Trinajstić information content (AvgIpc) is 2.15. The van der Waals surface area contributed by atoms with E-state index in [0.717, 1.165) is 5.56 Å². The van der Waals surface area contributed by atoms with Crippen LogP contribution in [0.15, 0.2) is 30.8 Å². The SMILES string of the molecule is C=Cc1ccc(C(=O)C(C)(C)O)cc1. The fourth-order valence-electron chi connectivity index (χ4n) is 1.12. The summed E-state index contributed by atoms with van der Waals surface area (Å²) in [6.07, 6.45) is 1.71. The smallest absolute Gasteiger partial charge is 0.193 e. The van der Waals surface area contributed by atoms with Crippen molar-refractivity contribution in [2.24, 2.45) is 0 Å². The van der Waals surface area contributed by atoms with Crippen LogP contribution in [0.2, 0.25) is 0 Å².